The second-order valence-electron chi connectivity index (χ2n) is 5.31. The van der Waals surface area contributed by atoms with E-state index >= 15 is 0 Å². The summed E-state index contributed by atoms with van der Waals surface area (Å²) < 4.78 is 2.20. The molecule has 1 fully saturated rings. The molecule has 3 nitrogen and oxygen atoms in total. The Kier molecular flexibility index (Phi) is 2.35. The van der Waals surface area contributed by atoms with Crippen LogP contribution in [0.25, 0.3) is 11.0 Å². The molecule has 0 spiro atoms. The van der Waals surface area contributed by atoms with Crippen molar-refractivity contribution in [3.05, 3.63) is 23.8 Å². The van der Waals surface area contributed by atoms with Crippen molar-refractivity contribution in [2.45, 2.75) is 39.2 Å². The Morgan fingerprint density at radius 2 is 2.24 bits per heavy atom. The van der Waals surface area contributed by atoms with Crippen LogP contribution in [-0.2, 0) is 0 Å². The van der Waals surface area contributed by atoms with E-state index in [0.717, 1.165) is 11.4 Å². The van der Waals surface area contributed by atoms with Crippen molar-refractivity contribution in [2.75, 3.05) is 5.73 Å². The number of anilines is 1. The van der Waals surface area contributed by atoms with Gasteiger partial charge in [0, 0.05) is 6.04 Å². The standard InChI is InChI=1S/C14H19N3/c1-9-4-3-5-12-13(9)16-14(15)17(12)10(2)8-11-6-7-11/h3-5,10-11H,6-8H2,1-2H3,(H2,15,16). The normalized spacial score (nSPS) is 17.5. The molecule has 0 bridgehead atoms. The van der Waals surface area contributed by atoms with E-state index in [0.29, 0.717) is 12.0 Å². The maximum Gasteiger partial charge on any atom is 0.201 e. The number of rotatable bonds is 3. The summed E-state index contributed by atoms with van der Waals surface area (Å²) in [5.74, 6) is 1.56. The molecule has 1 aromatic heterocycles. The van der Waals surface area contributed by atoms with Crippen molar-refractivity contribution in [1.82, 2.24) is 9.55 Å². The lowest BCUT2D eigenvalue weighted by molar-refractivity contribution is 0.492. The molecule has 1 aromatic carbocycles. The average molecular weight is 229 g/mol. The van der Waals surface area contributed by atoms with Gasteiger partial charge < -0.3 is 10.3 Å². The molecule has 1 aliphatic carbocycles. The lowest BCUT2D eigenvalue weighted by atomic mass is 10.1. The Hall–Kier alpha value is -1.51. The first kappa shape index (κ1) is 10.6. The number of para-hydroxylation sites is 1. The molecule has 1 saturated carbocycles. The van der Waals surface area contributed by atoms with E-state index in [1.54, 1.807) is 0 Å². The van der Waals surface area contributed by atoms with Crippen LogP contribution in [0.15, 0.2) is 18.2 Å². The number of hydrogen-bond donors (Lipinski definition) is 1. The van der Waals surface area contributed by atoms with Crippen molar-refractivity contribution < 1.29 is 0 Å². The number of hydrogen-bond acceptors (Lipinski definition) is 2. The largest absolute Gasteiger partial charge is 0.369 e. The van der Waals surface area contributed by atoms with Crippen LogP contribution in [0.1, 0.15) is 37.8 Å². The number of aromatic nitrogens is 2. The van der Waals surface area contributed by atoms with Crippen molar-refractivity contribution >= 4 is 17.0 Å². The molecule has 1 aliphatic rings. The highest BCUT2D eigenvalue weighted by Crippen LogP contribution is 2.38. The lowest BCUT2D eigenvalue weighted by Gasteiger charge is -2.15. The minimum absolute atomic E-state index is 0.453. The van der Waals surface area contributed by atoms with Crippen LogP contribution < -0.4 is 5.73 Å². The molecule has 0 saturated heterocycles. The van der Waals surface area contributed by atoms with Crippen molar-refractivity contribution in [3.8, 4) is 0 Å². The average Bonchev–Trinajstić information content (AvgIpc) is 3.00. The van der Waals surface area contributed by atoms with E-state index < -0.39 is 0 Å². The Bertz CT molecular complexity index is 552. The summed E-state index contributed by atoms with van der Waals surface area (Å²) in [5, 5.41) is 0. The molecule has 3 rings (SSSR count). The Labute approximate surface area is 102 Å². The third kappa shape index (κ3) is 1.79. The third-order valence-electron chi connectivity index (χ3n) is 3.76. The summed E-state index contributed by atoms with van der Waals surface area (Å²) in [4.78, 5) is 4.50. The Balaban J connectivity index is 2.07. The predicted octanol–water partition coefficient (Wildman–Crippen LogP) is 3.29. The van der Waals surface area contributed by atoms with Gasteiger partial charge in [0.15, 0.2) is 0 Å². The Morgan fingerprint density at radius 3 is 2.94 bits per heavy atom. The van der Waals surface area contributed by atoms with Crippen LogP contribution in [-0.4, -0.2) is 9.55 Å². The minimum atomic E-state index is 0.453. The van der Waals surface area contributed by atoms with Gasteiger partial charge in [-0.3, -0.25) is 0 Å². The fourth-order valence-electron chi connectivity index (χ4n) is 2.68. The number of nitrogens with two attached hydrogens (primary N) is 1. The van der Waals surface area contributed by atoms with E-state index in [9.17, 15) is 0 Å². The van der Waals surface area contributed by atoms with Crippen LogP contribution in [0.5, 0.6) is 0 Å². The van der Waals surface area contributed by atoms with Gasteiger partial charge in [0.1, 0.15) is 0 Å². The highest BCUT2D eigenvalue weighted by atomic mass is 15.2. The molecule has 1 atom stereocenters. The van der Waals surface area contributed by atoms with Crippen LogP contribution in [0.3, 0.4) is 0 Å². The molecule has 0 radical (unpaired) electrons. The van der Waals surface area contributed by atoms with Crippen LogP contribution in [0.2, 0.25) is 0 Å². The van der Waals surface area contributed by atoms with Gasteiger partial charge in [-0.15, -0.1) is 0 Å². The summed E-state index contributed by atoms with van der Waals surface area (Å²) in [5.41, 5.74) is 9.50. The van der Waals surface area contributed by atoms with Crippen molar-refractivity contribution in [1.29, 1.82) is 0 Å². The first-order valence-corrected chi connectivity index (χ1v) is 6.40. The van der Waals surface area contributed by atoms with Gasteiger partial charge in [0.05, 0.1) is 11.0 Å². The van der Waals surface area contributed by atoms with Crippen LogP contribution in [0, 0.1) is 12.8 Å². The molecule has 1 heterocycles. The number of nitrogen functional groups attached to an aromatic ring is 1. The molecular weight excluding hydrogens is 210 g/mol. The highest BCUT2D eigenvalue weighted by Gasteiger charge is 2.25. The van der Waals surface area contributed by atoms with E-state index in [4.69, 9.17) is 5.73 Å². The molecule has 3 heteroatoms. The van der Waals surface area contributed by atoms with Gasteiger partial charge in [0.25, 0.3) is 0 Å². The number of benzene rings is 1. The number of nitrogens with zero attached hydrogens (tertiary/aromatic N) is 2. The van der Waals surface area contributed by atoms with E-state index in [-0.39, 0.29) is 0 Å². The maximum absolute atomic E-state index is 6.07. The second-order valence-corrected chi connectivity index (χ2v) is 5.31. The zero-order valence-electron chi connectivity index (χ0n) is 10.5. The summed E-state index contributed by atoms with van der Waals surface area (Å²) in [6.45, 7) is 4.34. The second kappa shape index (κ2) is 3.76. The molecule has 17 heavy (non-hydrogen) atoms. The number of aryl methyl sites for hydroxylation is 1. The topological polar surface area (TPSA) is 43.8 Å². The fourth-order valence-corrected chi connectivity index (χ4v) is 2.68. The van der Waals surface area contributed by atoms with Crippen LogP contribution in [0.4, 0.5) is 5.95 Å². The van der Waals surface area contributed by atoms with Crippen LogP contribution >= 0.6 is 0 Å². The highest BCUT2D eigenvalue weighted by molar-refractivity contribution is 5.81. The van der Waals surface area contributed by atoms with Gasteiger partial charge >= 0.3 is 0 Å². The van der Waals surface area contributed by atoms with Crippen molar-refractivity contribution in [2.24, 2.45) is 5.92 Å². The van der Waals surface area contributed by atoms with E-state index in [2.05, 4.69) is 41.6 Å². The van der Waals surface area contributed by atoms with Gasteiger partial charge in [-0.25, -0.2) is 4.98 Å². The van der Waals surface area contributed by atoms with E-state index in [1.165, 1.54) is 30.3 Å². The number of imidazole rings is 1. The van der Waals surface area contributed by atoms with Crippen molar-refractivity contribution in [3.63, 3.8) is 0 Å². The maximum atomic E-state index is 6.07. The SMILES string of the molecule is Cc1cccc2c1nc(N)n2C(C)CC1CC1. The molecule has 90 valence electrons. The van der Waals surface area contributed by atoms with Gasteiger partial charge in [-0.2, -0.15) is 0 Å². The molecular formula is C14H19N3. The zero-order valence-corrected chi connectivity index (χ0v) is 10.5. The fraction of sp³-hybridized carbons (Fsp3) is 0.500. The number of fused-ring (bicyclic) bond motifs is 1. The molecule has 2 aromatic rings. The first-order valence-electron chi connectivity index (χ1n) is 6.40. The third-order valence-corrected chi connectivity index (χ3v) is 3.76. The monoisotopic (exact) mass is 229 g/mol. The molecule has 1 unspecified atom stereocenters. The van der Waals surface area contributed by atoms with Gasteiger partial charge in [-0.05, 0) is 37.8 Å². The summed E-state index contributed by atoms with van der Waals surface area (Å²) in [6.07, 6.45) is 4.00. The molecule has 0 aliphatic heterocycles. The minimum Gasteiger partial charge on any atom is -0.369 e. The summed E-state index contributed by atoms with van der Waals surface area (Å²) >= 11 is 0. The smallest absolute Gasteiger partial charge is 0.201 e. The predicted molar refractivity (Wildman–Crippen MR) is 70.9 cm³/mol. The first-order chi connectivity index (χ1) is 8.16. The molecule has 2 N–H and O–H groups in total. The lowest BCUT2D eigenvalue weighted by Crippen LogP contribution is -2.09. The van der Waals surface area contributed by atoms with Gasteiger partial charge in [0.2, 0.25) is 5.95 Å². The van der Waals surface area contributed by atoms with E-state index in [1.807, 2.05) is 0 Å². The molecule has 0 amide bonds. The summed E-state index contributed by atoms with van der Waals surface area (Å²) in [7, 11) is 0. The Morgan fingerprint density at radius 1 is 1.47 bits per heavy atom. The zero-order chi connectivity index (χ0) is 12.0. The quantitative estimate of drug-likeness (QED) is 0.877. The summed E-state index contributed by atoms with van der Waals surface area (Å²) in [6, 6.07) is 6.74. The van der Waals surface area contributed by atoms with Gasteiger partial charge in [-0.1, -0.05) is 25.0 Å².